The Hall–Kier alpha value is -1.05. The van der Waals surface area contributed by atoms with Crippen molar-refractivity contribution in [1.29, 1.82) is 0 Å². The van der Waals surface area contributed by atoms with E-state index in [1.165, 1.54) is 4.31 Å². The Bertz CT molecular complexity index is 590. The molecule has 2 rings (SSSR count). The summed E-state index contributed by atoms with van der Waals surface area (Å²) in [7, 11) is -4.02. The second kappa shape index (κ2) is 5.75. The summed E-state index contributed by atoms with van der Waals surface area (Å²) in [5.41, 5.74) is 5.81. The van der Waals surface area contributed by atoms with Crippen molar-refractivity contribution in [3.05, 3.63) is 29.8 Å². The number of rotatable bonds is 3. The molecule has 1 saturated heterocycles. The van der Waals surface area contributed by atoms with Crippen LogP contribution in [0.15, 0.2) is 23.1 Å². The maximum atomic E-state index is 13.7. The first kappa shape index (κ1) is 15.3. The van der Waals surface area contributed by atoms with Crippen LogP contribution in [0, 0.1) is 17.6 Å². The van der Waals surface area contributed by atoms with Gasteiger partial charge in [-0.25, -0.2) is 17.2 Å². The molecule has 4 nitrogen and oxygen atoms in total. The first-order valence-corrected chi connectivity index (χ1v) is 7.97. The summed E-state index contributed by atoms with van der Waals surface area (Å²) >= 11 is 0. The molecule has 2 unspecified atom stereocenters. The van der Waals surface area contributed by atoms with Crippen LogP contribution >= 0.6 is 0 Å². The number of hydrogen-bond acceptors (Lipinski definition) is 3. The minimum atomic E-state index is -4.02. The third kappa shape index (κ3) is 2.99. The molecule has 0 aromatic heterocycles. The van der Waals surface area contributed by atoms with E-state index < -0.39 is 26.6 Å². The van der Waals surface area contributed by atoms with Crippen LogP contribution in [-0.2, 0) is 10.0 Å². The molecular weight excluding hydrogens is 286 g/mol. The van der Waals surface area contributed by atoms with Gasteiger partial charge in [0, 0.05) is 19.1 Å². The van der Waals surface area contributed by atoms with Crippen molar-refractivity contribution < 1.29 is 17.2 Å². The maximum Gasteiger partial charge on any atom is 0.246 e. The van der Waals surface area contributed by atoms with Gasteiger partial charge in [-0.3, -0.25) is 0 Å². The van der Waals surface area contributed by atoms with Crippen molar-refractivity contribution in [2.75, 3.05) is 13.1 Å². The molecule has 1 aliphatic heterocycles. The van der Waals surface area contributed by atoms with Crippen molar-refractivity contribution >= 4 is 10.0 Å². The van der Waals surface area contributed by atoms with E-state index in [4.69, 9.17) is 5.73 Å². The zero-order valence-corrected chi connectivity index (χ0v) is 12.0. The third-order valence-corrected chi connectivity index (χ3v) is 5.56. The van der Waals surface area contributed by atoms with Crippen molar-refractivity contribution in [2.45, 2.75) is 30.7 Å². The molecule has 0 amide bonds. The number of nitrogens with two attached hydrogens (primary N) is 1. The molecule has 2 N–H and O–H groups in total. The lowest BCUT2D eigenvalue weighted by Crippen LogP contribution is -2.45. The Morgan fingerprint density at radius 1 is 1.40 bits per heavy atom. The van der Waals surface area contributed by atoms with Gasteiger partial charge < -0.3 is 5.73 Å². The van der Waals surface area contributed by atoms with Crippen LogP contribution in [0.2, 0.25) is 0 Å². The molecule has 1 fully saturated rings. The molecule has 1 aromatic carbocycles. The number of benzene rings is 1. The van der Waals surface area contributed by atoms with Crippen molar-refractivity contribution in [1.82, 2.24) is 4.31 Å². The van der Waals surface area contributed by atoms with E-state index in [-0.39, 0.29) is 18.5 Å². The van der Waals surface area contributed by atoms with E-state index in [9.17, 15) is 17.2 Å². The zero-order valence-electron chi connectivity index (χ0n) is 11.2. The average Bonchev–Trinajstić information content (AvgIpc) is 2.41. The zero-order chi connectivity index (χ0) is 14.9. The summed E-state index contributed by atoms with van der Waals surface area (Å²) in [6.07, 6.45) is 1.51. The van der Waals surface area contributed by atoms with Crippen molar-refractivity contribution in [2.24, 2.45) is 11.7 Å². The summed E-state index contributed by atoms with van der Waals surface area (Å²) in [6.45, 7) is 2.38. The normalized spacial score (nSPS) is 22.7. The lowest BCUT2D eigenvalue weighted by Gasteiger charge is -2.33. The molecule has 112 valence electrons. The molecule has 20 heavy (non-hydrogen) atoms. The van der Waals surface area contributed by atoms with E-state index in [1.54, 1.807) is 0 Å². The average molecular weight is 304 g/mol. The van der Waals surface area contributed by atoms with E-state index >= 15 is 0 Å². The van der Waals surface area contributed by atoms with Crippen LogP contribution in [-0.4, -0.2) is 31.9 Å². The summed E-state index contributed by atoms with van der Waals surface area (Å²) < 4.78 is 52.9. The van der Waals surface area contributed by atoms with Crippen molar-refractivity contribution in [3.63, 3.8) is 0 Å². The van der Waals surface area contributed by atoms with Crippen LogP contribution in [0.4, 0.5) is 8.78 Å². The fraction of sp³-hybridized carbons (Fsp3) is 0.538. The smallest absolute Gasteiger partial charge is 0.246 e. The van der Waals surface area contributed by atoms with E-state index in [1.807, 2.05) is 6.92 Å². The lowest BCUT2D eigenvalue weighted by atomic mass is 9.93. The van der Waals surface area contributed by atoms with Crippen LogP contribution in [0.3, 0.4) is 0 Å². The Morgan fingerprint density at radius 2 is 2.10 bits per heavy atom. The minimum absolute atomic E-state index is 0.0372. The highest BCUT2D eigenvalue weighted by Gasteiger charge is 2.33. The van der Waals surface area contributed by atoms with Gasteiger partial charge in [0.25, 0.3) is 0 Å². The number of hydrogen-bond donors (Lipinski definition) is 1. The molecule has 2 atom stereocenters. The predicted molar refractivity (Wildman–Crippen MR) is 71.5 cm³/mol. The Balaban J connectivity index is 2.32. The monoisotopic (exact) mass is 304 g/mol. The highest BCUT2D eigenvalue weighted by Crippen LogP contribution is 2.26. The Kier molecular flexibility index (Phi) is 4.41. The first-order valence-electron chi connectivity index (χ1n) is 6.53. The molecule has 0 radical (unpaired) electrons. The van der Waals surface area contributed by atoms with Gasteiger partial charge in [0.15, 0.2) is 0 Å². The lowest BCUT2D eigenvalue weighted by molar-refractivity contribution is 0.242. The van der Waals surface area contributed by atoms with Gasteiger partial charge in [-0.15, -0.1) is 0 Å². The maximum absolute atomic E-state index is 13.7. The molecular formula is C13H18F2N2O2S. The number of sulfonamides is 1. The predicted octanol–water partition coefficient (Wildman–Crippen LogP) is 1.71. The number of piperidine rings is 1. The fourth-order valence-electron chi connectivity index (χ4n) is 2.44. The molecule has 0 bridgehead atoms. The number of halogens is 2. The topological polar surface area (TPSA) is 63.4 Å². The quantitative estimate of drug-likeness (QED) is 0.924. The van der Waals surface area contributed by atoms with Gasteiger partial charge in [-0.2, -0.15) is 4.31 Å². The van der Waals surface area contributed by atoms with Crippen LogP contribution in [0.1, 0.15) is 19.8 Å². The largest absolute Gasteiger partial charge is 0.328 e. The van der Waals surface area contributed by atoms with E-state index in [2.05, 4.69) is 0 Å². The summed E-state index contributed by atoms with van der Waals surface area (Å²) in [5.74, 6) is -1.67. The van der Waals surface area contributed by atoms with Gasteiger partial charge in [0.2, 0.25) is 10.0 Å². The summed E-state index contributed by atoms with van der Waals surface area (Å²) in [5, 5.41) is 0. The molecule has 0 spiro atoms. The summed E-state index contributed by atoms with van der Waals surface area (Å²) in [6, 6.07) is 2.32. The van der Waals surface area contributed by atoms with Gasteiger partial charge in [0.05, 0.1) is 0 Å². The number of nitrogens with zero attached hydrogens (tertiary/aromatic N) is 1. The molecule has 0 saturated carbocycles. The van der Waals surface area contributed by atoms with Crippen molar-refractivity contribution in [3.8, 4) is 0 Å². The Morgan fingerprint density at radius 3 is 2.75 bits per heavy atom. The highest BCUT2D eigenvalue weighted by molar-refractivity contribution is 7.89. The standard InChI is InChI=1S/C13H18F2N2O2S/c1-9(16)10-3-2-6-17(8-10)20(18,19)13-7-11(14)4-5-12(13)15/h4-5,7,9-10H,2-3,6,8,16H2,1H3. The van der Waals surface area contributed by atoms with Gasteiger partial charge in [0.1, 0.15) is 16.5 Å². The molecule has 0 aliphatic carbocycles. The second-order valence-electron chi connectivity index (χ2n) is 5.20. The fourth-order valence-corrected chi connectivity index (χ4v) is 4.05. The molecule has 7 heteroatoms. The third-order valence-electron chi connectivity index (χ3n) is 3.68. The molecule has 1 aromatic rings. The first-order chi connectivity index (χ1) is 9.32. The molecule has 1 aliphatic rings. The highest BCUT2D eigenvalue weighted by atomic mass is 32.2. The van der Waals surface area contributed by atoms with Gasteiger partial charge in [-0.1, -0.05) is 0 Å². The molecule has 1 heterocycles. The minimum Gasteiger partial charge on any atom is -0.328 e. The summed E-state index contributed by atoms with van der Waals surface area (Å²) in [4.78, 5) is -0.608. The SMILES string of the molecule is CC(N)C1CCCN(S(=O)(=O)c2cc(F)ccc2F)C1. The van der Waals surface area contributed by atoms with E-state index in [0.29, 0.717) is 13.0 Å². The van der Waals surface area contributed by atoms with Crippen LogP contribution in [0.25, 0.3) is 0 Å². The Labute approximate surface area is 117 Å². The van der Waals surface area contributed by atoms with Crippen LogP contribution < -0.4 is 5.73 Å². The van der Waals surface area contributed by atoms with Gasteiger partial charge in [-0.05, 0) is 43.9 Å². The van der Waals surface area contributed by atoms with E-state index in [0.717, 1.165) is 24.6 Å². The second-order valence-corrected chi connectivity index (χ2v) is 7.11. The van der Waals surface area contributed by atoms with Gasteiger partial charge >= 0.3 is 0 Å². The van der Waals surface area contributed by atoms with Crippen LogP contribution in [0.5, 0.6) is 0 Å².